The van der Waals surface area contributed by atoms with Crippen LogP contribution in [0, 0.1) is 6.92 Å². The largest absolute Gasteiger partial charge is 0.507 e. The van der Waals surface area contributed by atoms with E-state index in [0.29, 0.717) is 24.3 Å². The summed E-state index contributed by atoms with van der Waals surface area (Å²) in [5, 5.41) is 12.9. The van der Waals surface area contributed by atoms with Crippen LogP contribution in [0.25, 0.3) is 0 Å². The number of quaternary nitrogens is 1. The summed E-state index contributed by atoms with van der Waals surface area (Å²) >= 11 is 0. The van der Waals surface area contributed by atoms with Gasteiger partial charge in [0.25, 0.3) is 5.91 Å². The number of phenols is 1. The first-order valence-electron chi connectivity index (χ1n) is 8.98. The van der Waals surface area contributed by atoms with Gasteiger partial charge in [-0.05, 0) is 19.1 Å². The van der Waals surface area contributed by atoms with Crippen LogP contribution in [0.5, 0.6) is 5.75 Å². The van der Waals surface area contributed by atoms with Gasteiger partial charge >= 0.3 is 6.69 Å². The van der Waals surface area contributed by atoms with Crippen LogP contribution < -0.4 is 10.8 Å². The van der Waals surface area contributed by atoms with Crippen LogP contribution >= 0.6 is 0 Å². The predicted molar refractivity (Wildman–Crippen MR) is 98.9 cm³/mol. The lowest BCUT2D eigenvalue weighted by molar-refractivity contribution is -0.822. The number of fused-ring (bicyclic) bond motifs is 1. The summed E-state index contributed by atoms with van der Waals surface area (Å²) in [5.74, 6) is -0.306. The number of amides is 1. The Morgan fingerprint density at radius 2 is 1.77 bits per heavy atom. The first kappa shape index (κ1) is 17.1. The molecular formula is C19H23BN2O4. The topological polar surface area (TPSA) is 67.8 Å². The first-order chi connectivity index (χ1) is 12.6. The molecule has 2 fully saturated rings. The van der Waals surface area contributed by atoms with Gasteiger partial charge in [-0.1, -0.05) is 47.4 Å². The molecular weight excluding hydrogens is 331 g/mol. The molecule has 2 aromatic rings. The Morgan fingerprint density at radius 1 is 1.12 bits per heavy atom. The fourth-order valence-electron chi connectivity index (χ4n) is 4.34. The van der Waals surface area contributed by atoms with Gasteiger partial charge < -0.3 is 24.1 Å². The summed E-state index contributed by atoms with van der Waals surface area (Å²) in [6.45, 7) is 3.54. The van der Waals surface area contributed by atoms with Crippen LogP contribution in [-0.2, 0) is 9.31 Å². The average Bonchev–Trinajstić information content (AvgIpc) is 3.16. The second-order valence-electron chi connectivity index (χ2n) is 7.12. The Balaban J connectivity index is 1.61. The van der Waals surface area contributed by atoms with E-state index in [-0.39, 0.29) is 17.2 Å². The van der Waals surface area contributed by atoms with Gasteiger partial charge in [-0.3, -0.25) is 4.79 Å². The molecule has 0 saturated carbocycles. The fourth-order valence-corrected chi connectivity index (χ4v) is 4.34. The average molecular weight is 354 g/mol. The van der Waals surface area contributed by atoms with Gasteiger partial charge in [-0.2, -0.15) is 0 Å². The van der Waals surface area contributed by atoms with E-state index in [1.54, 1.807) is 18.2 Å². The molecule has 136 valence electrons. The van der Waals surface area contributed by atoms with Crippen LogP contribution in [0.4, 0.5) is 0 Å². The van der Waals surface area contributed by atoms with E-state index in [1.807, 2.05) is 12.1 Å². The smallest absolute Gasteiger partial charge is 0.504 e. The minimum atomic E-state index is -1.69. The third kappa shape index (κ3) is 2.51. The molecule has 0 unspecified atom stereocenters. The highest BCUT2D eigenvalue weighted by Gasteiger charge is 2.60. The number of benzene rings is 2. The SMILES string of the molecule is Cc1ccccc1[B-]12OCC[N+]1(CNC(=O)c1ccccc1O)CCO2. The number of rotatable bonds is 4. The molecule has 26 heavy (non-hydrogen) atoms. The molecule has 4 rings (SSSR count). The lowest BCUT2D eigenvalue weighted by Crippen LogP contribution is -2.72. The standard InChI is InChI=1S/C19H23BN2O4/c1-15-6-2-4-8-17(15)20-22(10-12-25-20,11-13-26-20)14-21-19(24)16-7-3-5-9-18(16)23/h2-9,23H,10-14H2,1H3,(H,21,24). The highest BCUT2D eigenvalue weighted by molar-refractivity contribution is 6.75. The van der Waals surface area contributed by atoms with Gasteiger partial charge in [0.1, 0.15) is 12.4 Å². The van der Waals surface area contributed by atoms with Crippen LogP contribution in [0.15, 0.2) is 48.5 Å². The second kappa shape index (κ2) is 6.43. The van der Waals surface area contributed by atoms with E-state index < -0.39 is 6.69 Å². The molecule has 0 radical (unpaired) electrons. The van der Waals surface area contributed by atoms with Crippen molar-refractivity contribution in [3.63, 3.8) is 0 Å². The maximum absolute atomic E-state index is 12.6. The van der Waals surface area contributed by atoms with Crippen molar-refractivity contribution in [2.45, 2.75) is 6.92 Å². The minimum absolute atomic E-state index is 0.0176. The Kier molecular flexibility index (Phi) is 4.22. The Hall–Kier alpha value is -2.35. The Labute approximate surface area is 152 Å². The molecule has 1 amide bonds. The van der Waals surface area contributed by atoms with E-state index in [0.717, 1.165) is 24.1 Å². The van der Waals surface area contributed by atoms with Gasteiger partial charge in [0, 0.05) is 0 Å². The van der Waals surface area contributed by atoms with Crippen molar-refractivity contribution in [2.75, 3.05) is 33.0 Å². The van der Waals surface area contributed by atoms with Gasteiger partial charge in [-0.15, -0.1) is 0 Å². The number of para-hydroxylation sites is 1. The van der Waals surface area contributed by atoms with E-state index >= 15 is 0 Å². The Morgan fingerprint density at radius 3 is 2.46 bits per heavy atom. The monoisotopic (exact) mass is 354 g/mol. The van der Waals surface area contributed by atoms with Crippen molar-refractivity contribution in [1.82, 2.24) is 5.32 Å². The van der Waals surface area contributed by atoms with Crippen molar-refractivity contribution < 1.29 is 23.6 Å². The molecule has 0 spiro atoms. The molecule has 2 saturated heterocycles. The molecule has 2 aliphatic heterocycles. The number of carbonyl (C=O) groups is 1. The number of carbonyl (C=O) groups excluding carboxylic acids is 1. The zero-order valence-corrected chi connectivity index (χ0v) is 14.9. The Bertz CT molecular complexity index is 832. The number of nitrogens with one attached hydrogen (secondary N) is 1. The summed E-state index contributed by atoms with van der Waals surface area (Å²) in [6.07, 6.45) is 0. The summed E-state index contributed by atoms with van der Waals surface area (Å²) < 4.78 is 13.0. The number of aromatic hydroxyl groups is 1. The van der Waals surface area contributed by atoms with Gasteiger partial charge in [0.05, 0.1) is 31.9 Å². The highest BCUT2D eigenvalue weighted by atomic mass is 16.6. The normalized spacial score (nSPS) is 27.3. The third-order valence-electron chi connectivity index (χ3n) is 5.77. The summed E-state index contributed by atoms with van der Waals surface area (Å²) in [5.41, 5.74) is 2.48. The molecule has 0 aromatic heterocycles. The van der Waals surface area contributed by atoms with Crippen LogP contribution in [0.2, 0.25) is 0 Å². The van der Waals surface area contributed by atoms with E-state index in [2.05, 4.69) is 24.4 Å². The van der Waals surface area contributed by atoms with Crippen LogP contribution in [0.1, 0.15) is 15.9 Å². The van der Waals surface area contributed by atoms with E-state index in [1.165, 1.54) is 6.07 Å². The summed E-state index contributed by atoms with van der Waals surface area (Å²) in [4.78, 5) is 12.6. The zero-order chi connectivity index (χ0) is 18.2. The molecule has 0 aliphatic carbocycles. The second-order valence-corrected chi connectivity index (χ2v) is 7.12. The fraction of sp³-hybridized carbons (Fsp3) is 0.316. The lowest BCUT2D eigenvalue weighted by atomic mass is 9.59. The molecule has 0 bridgehead atoms. The number of phenolic OH excluding ortho intramolecular Hbond substituents is 1. The highest BCUT2D eigenvalue weighted by Crippen LogP contribution is 2.34. The van der Waals surface area contributed by atoms with E-state index in [9.17, 15) is 9.90 Å². The number of hydrogen-bond donors (Lipinski definition) is 2. The number of hydrogen-bond acceptors (Lipinski definition) is 4. The lowest BCUT2D eigenvalue weighted by Gasteiger charge is -2.47. The minimum Gasteiger partial charge on any atom is -0.507 e. The van der Waals surface area contributed by atoms with Crippen molar-refractivity contribution >= 4 is 18.1 Å². The summed E-state index contributed by atoms with van der Waals surface area (Å²) in [7, 11) is 0. The van der Waals surface area contributed by atoms with Gasteiger partial charge in [0.2, 0.25) is 0 Å². The molecule has 0 atom stereocenters. The molecule has 2 N–H and O–H groups in total. The summed E-state index contributed by atoms with van der Waals surface area (Å²) in [6, 6.07) is 14.7. The molecule has 2 heterocycles. The third-order valence-corrected chi connectivity index (χ3v) is 5.77. The zero-order valence-electron chi connectivity index (χ0n) is 14.9. The molecule has 6 nitrogen and oxygen atoms in total. The first-order valence-corrected chi connectivity index (χ1v) is 8.98. The predicted octanol–water partition coefficient (Wildman–Crippen LogP) is 1.11. The van der Waals surface area contributed by atoms with Crippen molar-refractivity contribution in [3.8, 4) is 5.75 Å². The quantitative estimate of drug-likeness (QED) is 0.808. The maximum Gasteiger partial charge on any atom is 0.504 e. The van der Waals surface area contributed by atoms with E-state index in [4.69, 9.17) is 9.31 Å². The van der Waals surface area contributed by atoms with Gasteiger partial charge in [-0.25, -0.2) is 0 Å². The number of aryl methyl sites for hydroxylation is 1. The molecule has 7 heteroatoms. The van der Waals surface area contributed by atoms with Gasteiger partial charge in [0.15, 0.2) is 0 Å². The van der Waals surface area contributed by atoms with Crippen LogP contribution in [-0.4, -0.2) is 55.1 Å². The van der Waals surface area contributed by atoms with Crippen molar-refractivity contribution in [3.05, 3.63) is 59.7 Å². The van der Waals surface area contributed by atoms with Crippen molar-refractivity contribution in [2.24, 2.45) is 0 Å². The number of nitrogens with zero attached hydrogens (tertiary/aromatic N) is 1. The molecule has 2 aromatic carbocycles. The van der Waals surface area contributed by atoms with Crippen molar-refractivity contribution in [1.29, 1.82) is 0 Å². The van der Waals surface area contributed by atoms with Crippen LogP contribution in [0.3, 0.4) is 0 Å². The molecule has 2 aliphatic rings. The maximum atomic E-state index is 12.6.